The fraction of sp³-hybridized carbons (Fsp3) is 0.391. The Balaban J connectivity index is 1.57. The van der Waals surface area contributed by atoms with Crippen molar-refractivity contribution in [1.82, 2.24) is 9.78 Å². The van der Waals surface area contributed by atoms with E-state index in [4.69, 9.17) is 21.4 Å². The number of rotatable bonds is 5. The molecule has 0 bridgehead atoms. The van der Waals surface area contributed by atoms with Crippen molar-refractivity contribution >= 4 is 56.7 Å². The number of alkyl halides is 1. The fourth-order valence-corrected chi connectivity index (χ4v) is 5.08. The van der Waals surface area contributed by atoms with Crippen molar-refractivity contribution in [2.24, 2.45) is 5.92 Å². The number of halogens is 2. The summed E-state index contributed by atoms with van der Waals surface area (Å²) in [5, 5.41) is 9.27. The van der Waals surface area contributed by atoms with Gasteiger partial charge in [-0.3, -0.25) is 9.48 Å². The summed E-state index contributed by atoms with van der Waals surface area (Å²) in [7, 11) is 1.60. The number of hydrogen-bond donors (Lipinski definition) is 1. The lowest BCUT2D eigenvalue weighted by molar-refractivity contribution is 0.102. The number of fused-ring (bicyclic) bond motifs is 1. The summed E-state index contributed by atoms with van der Waals surface area (Å²) in [6.45, 7) is 2.30. The van der Waals surface area contributed by atoms with Crippen molar-refractivity contribution in [3.63, 3.8) is 0 Å². The Kier molecular flexibility index (Phi) is 6.53. The SMILES string of the molecule is COc1cc2nn(C3CCC(C(C)I)CC3)cc2cc1NC(=O)c1cccc(Cl)c1. The molecule has 7 heteroatoms. The smallest absolute Gasteiger partial charge is 0.255 e. The van der Waals surface area contributed by atoms with E-state index in [0.29, 0.717) is 28.1 Å². The van der Waals surface area contributed by atoms with Gasteiger partial charge >= 0.3 is 0 Å². The number of nitrogens with zero attached hydrogens (tertiary/aromatic N) is 2. The summed E-state index contributed by atoms with van der Waals surface area (Å²) in [6.07, 6.45) is 6.88. The van der Waals surface area contributed by atoms with E-state index in [2.05, 4.69) is 45.7 Å². The zero-order valence-corrected chi connectivity index (χ0v) is 20.0. The largest absolute Gasteiger partial charge is 0.494 e. The Bertz CT molecular complexity index is 1060. The Morgan fingerprint density at radius 2 is 2.03 bits per heavy atom. The molecule has 0 spiro atoms. The lowest BCUT2D eigenvalue weighted by Gasteiger charge is -2.30. The van der Waals surface area contributed by atoms with Crippen molar-refractivity contribution < 1.29 is 9.53 Å². The predicted molar refractivity (Wildman–Crippen MR) is 130 cm³/mol. The molecule has 1 fully saturated rings. The van der Waals surface area contributed by atoms with Crippen molar-refractivity contribution in [1.29, 1.82) is 0 Å². The zero-order chi connectivity index (χ0) is 21.3. The van der Waals surface area contributed by atoms with Gasteiger partial charge in [-0.25, -0.2) is 0 Å². The quantitative estimate of drug-likeness (QED) is 0.298. The van der Waals surface area contributed by atoms with E-state index in [0.717, 1.165) is 33.6 Å². The van der Waals surface area contributed by atoms with Crippen molar-refractivity contribution in [2.45, 2.75) is 42.6 Å². The molecule has 3 aromatic rings. The summed E-state index contributed by atoms with van der Waals surface area (Å²) >= 11 is 8.56. The maximum absolute atomic E-state index is 12.7. The van der Waals surface area contributed by atoms with Crippen LogP contribution < -0.4 is 10.1 Å². The Hall–Kier alpha value is -1.80. The van der Waals surface area contributed by atoms with Gasteiger partial charge < -0.3 is 10.1 Å². The van der Waals surface area contributed by atoms with Gasteiger partial charge in [0.25, 0.3) is 5.91 Å². The summed E-state index contributed by atoms with van der Waals surface area (Å²) in [5.74, 6) is 1.17. The number of benzene rings is 2. The van der Waals surface area contributed by atoms with Crippen LogP contribution in [-0.4, -0.2) is 26.7 Å². The van der Waals surface area contributed by atoms with Gasteiger partial charge in [0, 0.05) is 32.2 Å². The number of carbonyl (C=O) groups is 1. The number of hydrogen-bond acceptors (Lipinski definition) is 3. The van der Waals surface area contributed by atoms with Crippen LogP contribution in [0, 0.1) is 5.92 Å². The van der Waals surface area contributed by atoms with Crippen LogP contribution in [0.15, 0.2) is 42.6 Å². The van der Waals surface area contributed by atoms with E-state index < -0.39 is 0 Å². The minimum Gasteiger partial charge on any atom is -0.494 e. The Labute approximate surface area is 195 Å². The highest BCUT2D eigenvalue weighted by atomic mass is 127. The average molecular weight is 538 g/mol. The number of nitrogens with one attached hydrogen (secondary N) is 1. The summed E-state index contributed by atoms with van der Waals surface area (Å²) < 4.78 is 8.33. The number of aromatic nitrogens is 2. The maximum atomic E-state index is 12.7. The van der Waals surface area contributed by atoms with Crippen molar-refractivity contribution in [3.05, 3.63) is 53.2 Å². The molecule has 1 aromatic heterocycles. The molecule has 0 radical (unpaired) electrons. The van der Waals surface area contributed by atoms with E-state index in [1.807, 2.05) is 12.1 Å². The molecule has 1 aliphatic carbocycles. The highest BCUT2D eigenvalue weighted by molar-refractivity contribution is 14.1. The number of amides is 1. The molecule has 5 nitrogen and oxygen atoms in total. The van der Waals surface area contributed by atoms with E-state index in [9.17, 15) is 4.79 Å². The van der Waals surface area contributed by atoms with Gasteiger partial charge in [-0.1, -0.05) is 47.2 Å². The molecule has 2 aromatic carbocycles. The highest BCUT2D eigenvalue weighted by Crippen LogP contribution is 2.37. The second kappa shape index (κ2) is 9.14. The molecule has 30 heavy (non-hydrogen) atoms. The van der Waals surface area contributed by atoms with Gasteiger partial charge in [0.2, 0.25) is 0 Å². The predicted octanol–water partition coefficient (Wildman–Crippen LogP) is 6.51. The van der Waals surface area contributed by atoms with Crippen LogP contribution in [0.25, 0.3) is 10.9 Å². The van der Waals surface area contributed by atoms with Gasteiger partial charge in [-0.2, -0.15) is 5.10 Å². The van der Waals surface area contributed by atoms with E-state index in [-0.39, 0.29) is 5.91 Å². The second-order valence-electron chi connectivity index (χ2n) is 7.93. The third-order valence-electron chi connectivity index (χ3n) is 5.94. The van der Waals surface area contributed by atoms with Gasteiger partial charge in [0.15, 0.2) is 0 Å². The van der Waals surface area contributed by atoms with Crippen molar-refractivity contribution in [3.8, 4) is 5.75 Å². The van der Waals surface area contributed by atoms with Crippen LogP contribution in [-0.2, 0) is 0 Å². The summed E-state index contributed by atoms with van der Waals surface area (Å²) in [5.41, 5.74) is 2.00. The number of methoxy groups -OCH3 is 1. The minimum absolute atomic E-state index is 0.228. The average Bonchev–Trinajstić information content (AvgIpc) is 3.16. The minimum atomic E-state index is -0.228. The first-order chi connectivity index (χ1) is 14.4. The fourth-order valence-electron chi connectivity index (χ4n) is 4.17. The molecular formula is C23H25ClIN3O2. The number of carbonyl (C=O) groups excluding carboxylic acids is 1. The number of ether oxygens (including phenoxy) is 1. The van der Waals surface area contributed by atoms with Gasteiger partial charge in [0.05, 0.1) is 24.4 Å². The Morgan fingerprint density at radius 1 is 1.27 bits per heavy atom. The maximum Gasteiger partial charge on any atom is 0.255 e. The number of anilines is 1. The monoisotopic (exact) mass is 537 g/mol. The van der Waals surface area contributed by atoms with Gasteiger partial charge in [-0.15, -0.1) is 0 Å². The molecule has 1 amide bonds. The first-order valence-corrected chi connectivity index (χ1v) is 11.8. The first kappa shape index (κ1) is 21.4. The van der Waals surface area contributed by atoms with Crippen LogP contribution >= 0.6 is 34.2 Å². The standard InChI is InChI=1S/C23H25ClIN3O2/c1-14(25)15-6-8-19(9-7-15)28-13-17-11-21(22(30-2)12-20(17)27-28)26-23(29)16-4-3-5-18(24)10-16/h3-5,10-15,19H,6-9H2,1-2H3,(H,26,29). The summed E-state index contributed by atoms with van der Waals surface area (Å²) in [6, 6.07) is 11.1. The molecule has 0 aliphatic heterocycles. The lowest BCUT2D eigenvalue weighted by atomic mass is 9.84. The molecule has 4 rings (SSSR count). The zero-order valence-electron chi connectivity index (χ0n) is 17.1. The highest BCUT2D eigenvalue weighted by Gasteiger charge is 2.25. The molecule has 1 unspecified atom stereocenters. The van der Waals surface area contributed by atoms with E-state index in [1.54, 1.807) is 31.4 Å². The molecule has 158 valence electrons. The normalized spacial score (nSPS) is 20.1. The first-order valence-electron chi connectivity index (χ1n) is 10.2. The van der Waals surface area contributed by atoms with Crippen LogP contribution in [0.4, 0.5) is 5.69 Å². The lowest BCUT2D eigenvalue weighted by Crippen LogP contribution is -2.22. The topological polar surface area (TPSA) is 56.1 Å². The molecule has 1 aliphatic rings. The van der Waals surface area contributed by atoms with Crippen LogP contribution in [0.2, 0.25) is 5.02 Å². The van der Waals surface area contributed by atoms with Gasteiger partial charge in [0.1, 0.15) is 5.75 Å². The van der Waals surface area contributed by atoms with Crippen LogP contribution in [0.5, 0.6) is 5.75 Å². The van der Waals surface area contributed by atoms with Crippen molar-refractivity contribution in [2.75, 3.05) is 12.4 Å². The second-order valence-corrected chi connectivity index (χ2v) is 10.3. The third kappa shape index (κ3) is 4.59. The third-order valence-corrected chi connectivity index (χ3v) is 7.20. The molecule has 1 saturated carbocycles. The van der Waals surface area contributed by atoms with Gasteiger partial charge in [-0.05, 0) is 55.9 Å². The Morgan fingerprint density at radius 3 is 2.70 bits per heavy atom. The molecule has 1 N–H and O–H groups in total. The van der Waals surface area contributed by atoms with Crippen LogP contribution in [0.3, 0.4) is 0 Å². The molecular weight excluding hydrogens is 513 g/mol. The van der Waals surface area contributed by atoms with E-state index >= 15 is 0 Å². The van der Waals surface area contributed by atoms with Crippen LogP contribution in [0.1, 0.15) is 49.0 Å². The van der Waals surface area contributed by atoms with E-state index in [1.165, 1.54) is 12.8 Å². The molecule has 1 heterocycles. The molecule has 1 atom stereocenters. The molecule has 0 saturated heterocycles. The summed E-state index contributed by atoms with van der Waals surface area (Å²) in [4.78, 5) is 12.7.